The molecule has 1 N–H and O–H groups in total. The fraction of sp³-hybridized carbons (Fsp3) is 0.667. The minimum absolute atomic E-state index is 0.265. The molecule has 1 saturated carbocycles. The summed E-state index contributed by atoms with van der Waals surface area (Å²) >= 11 is 6.03. The van der Waals surface area contributed by atoms with Gasteiger partial charge in [-0.2, -0.15) is 4.98 Å². The van der Waals surface area contributed by atoms with E-state index in [-0.39, 0.29) is 6.10 Å². The molecule has 5 heteroatoms. The van der Waals surface area contributed by atoms with E-state index in [9.17, 15) is 0 Å². The Hall–Kier alpha value is -1.03. The Morgan fingerprint density at radius 2 is 2.24 bits per heavy atom. The second-order valence-corrected chi connectivity index (χ2v) is 4.70. The van der Waals surface area contributed by atoms with Gasteiger partial charge >= 0.3 is 0 Å². The van der Waals surface area contributed by atoms with Crippen LogP contribution in [0.2, 0.25) is 5.02 Å². The lowest BCUT2D eigenvalue weighted by Gasteiger charge is -2.13. The monoisotopic (exact) mass is 255 g/mol. The second kappa shape index (κ2) is 6.05. The predicted molar refractivity (Wildman–Crippen MR) is 68.7 cm³/mol. The summed E-state index contributed by atoms with van der Waals surface area (Å²) in [6.07, 6.45) is 7.54. The lowest BCUT2D eigenvalue weighted by Crippen LogP contribution is -2.13. The largest absolute Gasteiger partial charge is 0.473 e. The van der Waals surface area contributed by atoms with Gasteiger partial charge in [-0.05, 0) is 32.1 Å². The highest BCUT2D eigenvalue weighted by molar-refractivity contribution is 6.31. The first kappa shape index (κ1) is 12.4. The van der Waals surface area contributed by atoms with Gasteiger partial charge in [-0.3, -0.25) is 0 Å². The molecule has 0 bridgehead atoms. The van der Waals surface area contributed by atoms with E-state index in [1.807, 2.05) is 0 Å². The number of ether oxygens (including phenoxy) is 1. The van der Waals surface area contributed by atoms with Crippen molar-refractivity contribution < 1.29 is 4.74 Å². The van der Waals surface area contributed by atoms with Crippen LogP contribution in [-0.4, -0.2) is 22.6 Å². The molecule has 0 aromatic carbocycles. The summed E-state index contributed by atoms with van der Waals surface area (Å²) in [7, 11) is 0. The fourth-order valence-electron chi connectivity index (χ4n) is 1.92. The molecule has 0 unspecified atom stereocenters. The van der Waals surface area contributed by atoms with E-state index >= 15 is 0 Å². The Morgan fingerprint density at radius 1 is 1.47 bits per heavy atom. The molecule has 0 spiro atoms. The molecular weight excluding hydrogens is 238 g/mol. The molecule has 0 atom stereocenters. The summed E-state index contributed by atoms with van der Waals surface area (Å²) in [6, 6.07) is 0. The molecule has 2 rings (SSSR count). The molecule has 1 aromatic rings. The molecule has 1 aliphatic rings. The first-order valence-electron chi connectivity index (χ1n) is 6.22. The first-order valence-corrected chi connectivity index (χ1v) is 6.60. The number of nitrogens with zero attached hydrogens (tertiary/aromatic N) is 2. The maximum Gasteiger partial charge on any atom is 0.237 e. The number of aromatic nitrogens is 2. The molecule has 1 aliphatic carbocycles. The van der Waals surface area contributed by atoms with Crippen LogP contribution in [0.25, 0.3) is 0 Å². The molecule has 1 heterocycles. The summed E-state index contributed by atoms with van der Waals surface area (Å²) in [6.45, 7) is 2.95. The maximum atomic E-state index is 6.03. The van der Waals surface area contributed by atoms with E-state index < -0.39 is 0 Å². The van der Waals surface area contributed by atoms with Gasteiger partial charge < -0.3 is 10.1 Å². The van der Waals surface area contributed by atoms with Crippen LogP contribution >= 0.6 is 11.6 Å². The topological polar surface area (TPSA) is 47.0 Å². The van der Waals surface area contributed by atoms with Gasteiger partial charge in [0.05, 0.1) is 6.20 Å². The summed E-state index contributed by atoms with van der Waals surface area (Å²) in [5.74, 6) is 1.09. The van der Waals surface area contributed by atoms with Gasteiger partial charge in [0.15, 0.2) is 0 Å². The Labute approximate surface area is 107 Å². The lowest BCUT2D eigenvalue weighted by molar-refractivity contribution is 0.201. The molecule has 0 saturated heterocycles. The number of halogens is 1. The lowest BCUT2D eigenvalue weighted by atomic mass is 10.3. The molecule has 4 nitrogen and oxygen atoms in total. The van der Waals surface area contributed by atoms with Crippen LogP contribution < -0.4 is 10.1 Å². The van der Waals surface area contributed by atoms with Gasteiger partial charge in [-0.25, -0.2) is 4.98 Å². The average molecular weight is 256 g/mol. The number of hydrogen-bond donors (Lipinski definition) is 1. The van der Waals surface area contributed by atoms with Crippen molar-refractivity contribution in [3.8, 4) is 5.88 Å². The highest BCUT2D eigenvalue weighted by Crippen LogP contribution is 2.28. The molecule has 0 amide bonds. The van der Waals surface area contributed by atoms with E-state index in [4.69, 9.17) is 16.3 Å². The zero-order chi connectivity index (χ0) is 12.1. The summed E-state index contributed by atoms with van der Waals surface area (Å²) in [5, 5.41) is 3.61. The zero-order valence-corrected chi connectivity index (χ0v) is 10.8. The Bertz CT molecular complexity index is 367. The standard InChI is InChI=1S/C12H18ClN3O/c1-2-7-14-12-15-8-10(13)11(16-12)17-9-5-3-4-6-9/h8-9H,2-7H2,1H3,(H,14,15,16). The van der Waals surface area contributed by atoms with Crippen LogP contribution in [0.4, 0.5) is 5.95 Å². The van der Waals surface area contributed by atoms with Crippen LogP contribution in [-0.2, 0) is 0 Å². The normalized spacial score (nSPS) is 16.1. The van der Waals surface area contributed by atoms with Crippen molar-refractivity contribution in [2.24, 2.45) is 0 Å². The minimum atomic E-state index is 0.265. The summed E-state index contributed by atoms with van der Waals surface area (Å²) in [4.78, 5) is 8.41. The first-order chi connectivity index (χ1) is 8.29. The third-order valence-corrected chi connectivity index (χ3v) is 3.08. The van der Waals surface area contributed by atoms with Gasteiger partial charge in [0.1, 0.15) is 11.1 Å². The Balaban J connectivity index is 2.03. The van der Waals surface area contributed by atoms with Crippen molar-refractivity contribution in [3.63, 3.8) is 0 Å². The van der Waals surface area contributed by atoms with Crippen LogP contribution in [0.15, 0.2) is 6.20 Å². The quantitative estimate of drug-likeness (QED) is 0.877. The minimum Gasteiger partial charge on any atom is -0.473 e. The predicted octanol–water partition coefficient (Wildman–Crippen LogP) is 3.27. The third kappa shape index (κ3) is 3.46. The highest BCUT2D eigenvalue weighted by Gasteiger charge is 2.18. The zero-order valence-electron chi connectivity index (χ0n) is 10.1. The number of rotatable bonds is 5. The molecule has 17 heavy (non-hydrogen) atoms. The molecule has 94 valence electrons. The van der Waals surface area contributed by atoms with Crippen LogP contribution in [0.5, 0.6) is 5.88 Å². The van der Waals surface area contributed by atoms with E-state index in [0.29, 0.717) is 16.9 Å². The van der Waals surface area contributed by atoms with Crippen molar-refractivity contribution in [2.75, 3.05) is 11.9 Å². The van der Waals surface area contributed by atoms with E-state index in [2.05, 4.69) is 22.2 Å². The van der Waals surface area contributed by atoms with Crippen molar-refractivity contribution in [2.45, 2.75) is 45.1 Å². The fourth-order valence-corrected chi connectivity index (χ4v) is 2.06. The number of anilines is 1. The van der Waals surface area contributed by atoms with Crippen LogP contribution in [0, 0.1) is 0 Å². The van der Waals surface area contributed by atoms with Crippen molar-refractivity contribution >= 4 is 17.5 Å². The second-order valence-electron chi connectivity index (χ2n) is 4.30. The Kier molecular flexibility index (Phi) is 4.42. The maximum absolute atomic E-state index is 6.03. The van der Waals surface area contributed by atoms with Crippen LogP contribution in [0.3, 0.4) is 0 Å². The molecule has 1 fully saturated rings. The van der Waals surface area contributed by atoms with Gasteiger partial charge in [0.2, 0.25) is 11.8 Å². The molecule has 0 radical (unpaired) electrons. The number of hydrogen-bond acceptors (Lipinski definition) is 4. The van der Waals surface area contributed by atoms with Gasteiger partial charge in [0, 0.05) is 6.54 Å². The Morgan fingerprint density at radius 3 is 2.94 bits per heavy atom. The summed E-state index contributed by atoms with van der Waals surface area (Å²) < 4.78 is 5.80. The van der Waals surface area contributed by atoms with Crippen LogP contribution in [0.1, 0.15) is 39.0 Å². The van der Waals surface area contributed by atoms with E-state index in [0.717, 1.165) is 25.8 Å². The SMILES string of the molecule is CCCNc1ncc(Cl)c(OC2CCCC2)n1. The van der Waals surface area contributed by atoms with E-state index in [1.54, 1.807) is 6.20 Å². The molecule has 1 aromatic heterocycles. The van der Waals surface area contributed by atoms with Crippen molar-refractivity contribution in [1.29, 1.82) is 0 Å². The smallest absolute Gasteiger partial charge is 0.237 e. The van der Waals surface area contributed by atoms with Gasteiger partial charge in [-0.1, -0.05) is 18.5 Å². The molecular formula is C12H18ClN3O. The van der Waals surface area contributed by atoms with Crippen molar-refractivity contribution in [3.05, 3.63) is 11.2 Å². The van der Waals surface area contributed by atoms with Crippen molar-refractivity contribution in [1.82, 2.24) is 9.97 Å². The molecule has 0 aliphatic heterocycles. The third-order valence-electron chi connectivity index (χ3n) is 2.83. The average Bonchev–Trinajstić information content (AvgIpc) is 2.83. The van der Waals surface area contributed by atoms with E-state index in [1.165, 1.54) is 12.8 Å². The summed E-state index contributed by atoms with van der Waals surface area (Å²) in [5.41, 5.74) is 0. The van der Waals surface area contributed by atoms with Gasteiger partial charge in [-0.15, -0.1) is 0 Å². The van der Waals surface area contributed by atoms with Gasteiger partial charge in [0.25, 0.3) is 0 Å². The highest BCUT2D eigenvalue weighted by atomic mass is 35.5. The number of nitrogens with one attached hydrogen (secondary N) is 1.